The number of fused-ring (bicyclic) bond motifs is 1. The van der Waals surface area contributed by atoms with Gasteiger partial charge in [-0.2, -0.15) is 0 Å². The summed E-state index contributed by atoms with van der Waals surface area (Å²) in [6.45, 7) is 0. The molecule has 0 aliphatic carbocycles. The van der Waals surface area contributed by atoms with E-state index in [1.54, 1.807) is 43.6 Å². The SMILES string of the molecule is Cn1c(=O)c(C(=O)Nc2cccc(Cl)c2Cl)cc2cccnc21. The number of halogens is 2. The fourth-order valence-electron chi connectivity index (χ4n) is 2.25. The van der Waals surface area contributed by atoms with Crippen molar-refractivity contribution in [2.45, 2.75) is 0 Å². The molecule has 0 unspecified atom stereocenters. The van der Waals surface area contributed by atoms with Crippen molar-refractivity contribution < 1.29 is 4.79 Å². The minimum absolute atomic E-state index is 0.00374. The van der Waals surface area contributed by atoms with Crippen LogP contribution >= 0.6 is 23.2 Å². The molecule has 5 nitrogen and oxygen atoms in total. The Morgan fingerprint density at radius 3 is 2.78 bits per heavy atom. The predicted molar refractivity (Wildman–Crippen MR) is 91.4 cm³/mol. The van der Waals surface area contributed by atoms with Crippen LogP contribution in [0.1, 0.15) is 10.4 Å². The van der Waals surface area contributed by atoms with Crippen LogP contribution in [0, 0.1) is 0 Å². The number of aromatic nitrogens is 2. The van der Waals surface area contributed by atoms with Gasteiger partial charge in [0, 0.05) is 18.6 Å². The van der Waals surface area contributed by atoms with E-state index in [2.05, 4.69) is 10.3 Å². The van der Waals surface area contributed by atoms with E-state index in [-0.39, 0.29) is 10.6 Å². The smallest absolute Gasteiger partial charge is 0.264 e. The minimum Gasteiger partial charge on any atom is -0.320 e. The van der Waals surface area contributed by atoms with Gasteiger partial charge in [0.15, 0.2) is 0 Å². The summed E-state index contributed by atoms with van der Waals surface area (Å²) in [6.07, 6.45) is 1.59. The predicted octanol–water partition coefficient (Wildman–Crippen LogP) is 3.49. The van der Waals surface area contributed by atoms with Crippen molar-refractivity contribution in [3.05, 3.63) is 68.6 Å². The highest BCUT2D eigenvalue weighted by Gasteiger charge is 2.16. The molecule has 0 spiro atoms. The lowest BCUT2D eigenvalue weighted by Gasteiger charge is -2.10. The highest BCUT2D eigenvalue weighted by molar-refractivity contribution is 6.44. The van der Waals surface area contributed by atoms with E-state index in [1.807, 2.05) is 0 Å². The summed E-state index contributed by atoms with van der Waals surface area (Å²) in [5, 5.41) is 3.85. The maximum Gasteiger partial charge on any atom is 0.264 e. The van der Waals surface area contributed by atoms with Crippen LogP contribution in [0.15, 0.2) is 47.4 Å². The average Bonchev–Trinajstić information content (AvgIpc) is 2.55. The van der Waals surface area contributed by atoms with Crippen LogP contribution in [0.25, 0.3) is 11.0 Å². The molecule has 2 aromatic heterocycles. The fourth-order valence-corrected chi connectivity index (χ4v) is 2.60. The maximum absolute atomic E-state index is 12.4. The number of nitrogens with zero attached hydrogens (tertiary/aromatic N) is 2. The van der Waals surface area contributed by atoms with E-state index in [9.17, 15) is 9.59 Å². The molecule has 3 rings (SSSR count). The van der Waals surface area contributed by atoms with E-state index in [1.165, 1.54) is 10.6 Å². The van der Waals surface area contributed by atoms with E-state index < -0.39 is 11.5 Å². The molecule has 0 bridgehead atoms. The van der Waals surface area contributed by atoms with Gasteiger partial charge in [-0.05, 0) is 30.3 Å². The quantitative estimate of drug-likeness (QED) is 0.771. The number of benzene rings is 1. The number of aryl methyl sites for hydroxylation is 1. The lowest BCUT2D eigenvalue weighted by Crippen LogP contribution is -2.28. The van der Waals surface area contributed by atoms with Crippen LogP contribution in [0.4, 0.5) is 5.69 Å². The average molecular weight is 348 g/mol. The highest BCUT2D eigenvalue weighted by atomic mass is 35.5. The number of rotatable bonds is 2. The first-order valence-electron chi connectivity index (χ1n) is 6.69. The monoisotopic (exact) mass is 347 g/mol. The molecule has 0 atom stereocenters. The van der Waals surface area contributed by atoms with Gasteiger partial charge in [0.1, 0.15) is 11.2 Å². The zero-order valence-corrected chi connectivity index (χ0v) is 13.5. The van der Waals surface area contributed by atoms with Gasteiger partial charge in [-0.1, -0.05) is 29.3 Å². The Morgan fingerprint density at radius 2 is 2.00 bits per heavy atom. The molecule has 0 aliphatic heterocycles. The molecule has 0 aliphatic rings. The van der Waals surface area contributed by atoms with Crippen molar-refractivity contribution in [3.63, 3.8) is 0 Å². The van der Waals surface area contributed by atoms with Crippen LogP contribution in [-0.4, -0.2) is 15.5 Å². The molecular formula is C16H11Cl2N3O2. The number of carbonyl (C=O) groups excluding carboxylic acids is 1. The Kier molecular flexibility index (Phi) is 4.07. The second-order valence-corrected chi connectivity index (χ2v) is 5.68. The van der Waals surface area contributed by atoms with E-state index in [4.69, 9.17) is 23.2 Å². The zero-order valence-electron chi connectivity index (χ0n) is 12.0. The van der Waals surface area contributed by atoms with Gasteiger partial charge in [0.05, 0.1) is 15.7 Å². The largest absolute Gasteiger partial charge is 0.320 e. The first-order chi connectivity index (χ1) is 11.0. The summed E-state index contributed by atoms with van der Waals surface area (Å²) in [4.78, 5) is 29.0. The number of carbonyl (C=O) groups is 1. The number of hydrogen-bond acceptors (Lipinski definition) is 3. The maximum atomic E-state index is 12.4. The van der Waals surface area contributed by atoms with Crippen LogP contribution in [0.5, 0.6) is 0 Å². The van der Waals surface area contributed by atoms with Gasteiger partial charge in [-0.3, -0.25) is 14.2 Å². The third-order valence-corrected chi connectivity index (χ3v) is 4.23. The van der Waals surface area contributed by atoms with Crippen molar-refractivity contribution in [2.75, 3.05) is 5.32 Å². The first kappa shape index (κ1) is 15.5. The summed E-state index contributed by atoms with van der Waals surface area (Å²) in [5.74, 6) is -0.555. The number of pyridine rings is 2. The van der Waals surface area contributed by atoms with E-state index in [0.717, 1.165) is 0 Å². The summed E-state index contributed by atoms with van der Waals surface area (Å²) in [7, 11) is 1.57. The van der Waals surface area contributed by atoms with Crippen LogP contribution in [-0.2, 0) is 7.05 Å². The third kappa shape index (κ3) is 2.81. The molecule has 0 saturated heterocycles. The van der Waals surface area contributed by atoms with Gasteiger partial charge in [0.25, 0.3) is 11.5 Å². The van der Waals surface area contributed by atoms with Crippen LogP contribution in [0.2, 0.25) is 10.0 Å². The molecule has 1 amide bonds. The van der Waals surface area contributed by atoms with Gasteiger partial charge < -0.3 is 5.32 Å². The standard InChI is InChI=1S/C16H11Cl2N3O2/c1-21-14-9(4-3-7-19-14)8-10(16(21)23)15(22)20-12-6-2-5-11(17)13(12)18/h2-8H,1H3,(H,20,22). The summed E-state index contributed by atoms with van der Waals surface area (Å²) in [5.41, 5.74) is 0.420. The lowest BCUT2D eigenvalue weighted by molar-refractivity contribution is 0.102. The van der Waals surface area contributed by atoms with Crippen LogP contribution < -0.4 is 10.9 Å². The van der Waals surface area contributed by atoms with Gasteiger partial charge >= 0.3 is 0 Å². The topological polar surface area (TPSA) is 64.0 Å². The Morgan fingerprint density at radius 1 is 1.22 bits per heavy atom. The molecule has 23 heavy (non-hydrogen) atoms. The molecule has 0 saturated carbocycles. The summed E-state index contributed by atoms with van der Waals surface area (Å²) in [6, 6.07) is 9.91. The molecule has 0 radical (unpaired) electrons. The second kappa shape index (κ2) is 6.02. The van der Waals surface area contributed by atoms with Crippen molar-refractivity contribution in [2.24, 2.45) is 7.05 Å². The first-order valence-corrected chi connectivity index (χ1v) is 7.45. The molecule has 2 heterocycles. The van der Waals surface area contributed by atoms with Crippen molar-refractivity contribution in [1.29, 1.82) is 0 Å². The highest BCUT2D eigenvalue weighted by Crippen LogP contribution is 2.29. The van der Waals surface area contributed by atoms with Crippen molar-refractivity contribution >= 4 is 45.8 Å². The van der Waals surface area contributed by atoms with Gasteiger partial charge in [-0.25, -0.2) is 4.98 Å². The number of anilines is 1. The van der Waals surface area contributed by atoms with Crippen LogP contribution in [0.3, 0.4) is 0 Å². The summed E-state index contributed by atoms with van der Waals surface area (Å²) < 4.78 is 1.34. The Balaban J connectivity index is 2.06. The lowest BCUT2D eigenvalue weighted by atomic mass is 10.2. The Labute approximate surface area is 141 Å². The van der Waals surface area contributed by atoms with Crippen molar-refractivity contribution in [1.82, 2.24) is 9.55 Å². The number of amides is 1. The Bertz CT molecular complexity index is 983. The second-order valence-electron chi connectivity index (χ2n) is 4.89. The molecule has 0 fully saturated rings. The van der Waals surface area contributed by atoms with E-state index >= 15 is 0 Å². The van der Waals surface area contributed by atoms with Gasteiger partial charge in [-0.15, -0.1) is 0 Å². The number of nitrogens with one attached hydrogen (secondary N) is 1. The normalized spacial score (nSPS) is 10.7. The molecule has 116 valence electrons. The van der Waals surface area contributed by atoms with Crippen molar-refractivity contribution in [3.8, 4) is 0 Å². The fraction of sp³-hybridized carbons (Fsp3) is 0.0625. The Hall–Kier alpha value is -2.37. The zero-order chi connectivity index (χ0) is 16.6. The summed E-state index contributed by atoms with van der Waals surface area (Å²) >= 11 is 12.0. The molecule has 1 N–H and O–H groups in total. The molecule has 1 aromatic carbocycles. The molecular weight excluding hydrogens is 337 g/mol. The molecule has 3 aromatic rings. The number of hydrogen-bond donors (Lipinski definition) is 1. The minimum atomic E-state index is -0.555. The van der Waals surface area contributed by atoms with Gasteiger partial charge in [0.2, 0.25) is 0 Å². The van der Waals surface area contributed by atoms with E-state index in [0.29, 0.717) is 21.7 Å². The third-order valence-electron chi connectivity index (χ3n) is 3.41. The molecule has 7 heteroatoms.